The molecule has 1 atom stereocenters. The van der Waals surface area contributed by atoms with Gasteiger partial charge in [-0.2, -0.15) is 0 Å². The van der Waals surface area contributed by atoms with E-state index in [1.54, 1.807) is 20.0 Å². The lowest BCUT2D eigenvalue weighted by molar-refractivity contribution is -0.129. The third-order valence-electron chi connectivity index (χ3n) is 24.4. The van der Waals surface area contributed by atoms with E-state index in [2.05, 4.69) is 290 Å². The standard InChI is InChI=1S/C13H24N2O2.C13H26N2O.C13H24N2O.C11H20N2O.C10H21N.C8H20N2.C8H17NO.C8H14.2C6H12O.C6H12.C4H7NO.3C2H6/c1-5-12(16)15-8-6-14(7-9-15)10-11-17-13(2,3)4;1-13(2,3)15-6-4-12(5-7-15)14-8-10-16-11-9-14;1-5-12(16)15-10-8-14(9-11-15)7-6-13(2,3)4;1-5-10(14)12-6-8-13(9-7-12)11(2,3)4;1-10(2,3)9-5-7-11(4)8-6-9;1-8(2,3)9-6-7-10(4)5;1-8(2,3)9-4-6-10-7-5-9;1-6-7(2)8(3,4)5;1-6-3-2-4-7-5-6;1-5(7)6(2,3)4;1-6-4-2-3-5-6;1-3-4(6)5-2;3*1-2/h5H,1,6-11H2,2-4H3;12H,4-11H2,1-3H3;5H,1,6-11H2,2-4H3;5H,1,6-9H2,2-4H3;9H,5-8H2,1-4H3;9H,6-7H2,1-5H3;4-7H2,1-3H3;6H,1-2H2,3-5H3;6H,2-5H2,1H3;1-4H3;6H,2-5H2,1H3;3H,1H2,2H3,(H,5,6);3*1-2H3/t;;;;;;;;6-;;;;;;/m........0....../s1. The number of Topliss-reactive ketones (excluding diaryl/α,β-unsaturated/α-hetero) is 1. The molecular weight excluding hydrogens is 1670 g/mol. The van der Waals surface area contributed by atoms with Gasteiger partial charge in [0.2, 0.25) is 23.6 Å². The van der Waals surface area contributed by atoms with Gasteiger partial charge in [-0.05, 0) is 255 Å². The van der Waals surface area contributed by atoms with Crippen LogP contribution in [0, 0.1) is 39.4 Å². The summed E-state index contributed by atoms with van der Waals surface area (Å²) in [4.78, 5) is 79.6. The van der Waals surface area contributed by atoms with E-state index in [4.69, 9.17) is 18.9 Å². The summed E-state index contributed by atoms with van der Waals surface area (Å²) in [6.45, 7) is 129. The van der Waals surface area contributed by atoms with E-state index >= 15 is 0 Å². The number of morpholine rings is 2. The number of piperidine rings is 2. The number of ether oxygens (including phenoxy) is 4. The van der Waals surface area contributed by atoms with E-state index in [1.165, 1.54) is 121 Å². The second kappa shape index (κ2) is 76.2. The number of hydrogen-bond acceptors (Lipinski definition) is 18. The first-order valence-electron chi connectivity index (χ1n) is 52.2. The number of likely N-dealkylation sites (N-methyl/N-ethyl adjacent to an activating group) is 2. The minimum atomic E-state index is -0.144. The molecule has 1 saturated carbocycles. The fourth-order valence-electron chi connectivity index (χ4n) is 14.4. The summed E-state index contributed by atoms with van der Waals surface area (Å²) in [7, 11) is 7.96. The maximum atomic E-state index is 11.4. The average Bonchev–Trinajstić information content (AvgIpc) is 0.866. The number of allylic oxidation sites excluding steroid dienone is 2. The zero-order chi connectivity index (χ0) is 105. The lowest BCUT2D eigenvalue weighted by Gasteiger charge is -2.44. The van der Waals surface area contributed by atoms with Gasteiger partial charge in [0.1, 0.15) is 5.78 Å². The highest BCUT2D eigenvalue weighted by molar-refractivity contribution is 5.88. The number of rotatable bonds is 14. The predicted octanol–water partition coefficient (Wildman–Crippen LogP) is 21.0. The molecule has 9 rings (SSSR count). The molecular formula is C112H227N13O9. The van der Waals surface area contributed by atoms with E-state index < -0.39 is 0 Å². The minimum absolute atomic E-state index is 0.0376. The Kier molecular flexibility index (Phi) is 79.7. The average molecular weight is 1900 g/mol. The number of likely N-dealkylation sites (tertiary alicyclic amines) is 2. The van der Waals surface area contributed by atoms with Crippen LogP contribution < -0.4 is 10.6 Å². The van der Waals surface area contributed by atoms with Crippen LogP contribution in [-0.4, -0.2) is 349 Å². The molecule has 0 bridgehead atoms. The van der Waals surface area contributed by atoms with E-state index in [9.17, 15) is 24.0 Å². The summed E-state index contributed by atoms with van der Waals surface area (Å²) >= 11 is 0. The minimum Gasteiger partial charge on any atom is -0.381 e. The van der Waals surface area contributed by atoms with Gasteiger partial charge in [-0.15, -0.1) is 0 Å². The van der Waals surface area contributed by atoms with Crippen molar-refractivity contribution in [3.63, 3.8) is 0 Å². The maximum absolute atomic E-state index is 11.4. The molecule has 22 heteroatoms. The molecule has 1 aliphatic carbocycles. The highest BCUT2D eigenvalue weighted by atomic mass is 16.5. The van der Waals surface area contributed by atoms with Gasteiger partial charge >= 0.3 is 0 Å². The monoisotopic (exact) mass is 1900 g/mol. The molecule has 8 saturated heterocycles. The molecule has 9 fully saturated rings. The lowest BCUT2D eigenvalue weighted by Crippen LogP contribution is -2.54. The first-order valence-corrected chi connectivity index (χ1v) is 52.2. The summed E-state index contributed by atoms with van der Waals surface area (Å²) in [5.41, 5.74) is 3.15. The third kappa shape index (κ3) is 79.2. The molecule has 4 amide bonds. The number of amides is 4. The molecule has 0 aromatic heterocycles. The van der Waals surface area contributed by atoms with Crippen molar-refractivity contribution < 1.29 is 42.9 Å². The topological polar surface area (TPSA) is 182 Å². The first kappa shape index (κ1) is 140. The fraction of sp³-hybridized carbons (Fsp3) is 0.848. The summed E-state index contributed by atoms with van der Waals surface area (Å²) < 4.78 is 21.5. The van der Waals surface area contributed by atoms with Crippen LogP contribution in [0.3, 0.4) is 0 Å². The molecule has 22 nitrogen and oxygen atoms in total. The van der Waals surface area contributed by atoms with Gasteiger partial charge in [-0.1, -0.05) is 215 Å². The molecule has 8 aliphatic heterocycles. The molecule has 8 heterocycles. The molecule has 134 heavy (non-hydrogen) atoms. The molecule has 0 radical (unpaired) electrons. The SMILES string of the molecule is C=CC(=C)C(C)(C)C.C=CC(=O)N1CCN(C(C)(C)C)CC1.C=CC(=O)N1CCN(CCC(C)(C)C)CC1.C=CC(=O)N1CCN(CCOC(C)(C)C)CC1.C=CC(=O)NC.CC.CC.CC.CC(=O)C(C)(C)C.CC(C)(C)N1CCC(N2CCOCC2)CC1.CC(C)(C)N1CCOCC1.CC1CCCC1.CN(C)CCNC(C)(C)C.CN1CCC(C(C)(C)C)CC1.C[C@H]1CCCOC1. The summed E-state index contributed by atoms with van der Waals surface area (Å²) in [5.74, 6) is 3.06. The van der Waals surface area contributed by atoms with Crippen LogP contribution in [0.1, 0.15) is 320 Å². The van der Waals surface area contributed by atoms with Crippen LogP contribution in [0.5, 0.6) is 0 Å². The van der Waals surface area contributed by atoms with Gasteiger partial charge in [-0.3, -0.25) is 53.4 Å². The van der Waals surface area contributed by atoms with Crippen LogP contribution in [0.25, 0.3) is 0 Å². The predicted molar refractivity (Wildman–Crippen MR) is 583 cm³/mol. The van der Waals surface area contributed by atoms with Crippen molar-refractivity contribution in [3.05, 3.63) is 75.4 Å². The Morgan fingerprint density at radius 1 is 0.433 bits per heavy atom. The first-order chi connectivity index (χ1) is 61.9. The number of ketones is 1. The van der Waals surface area contributed by atoms with Crippen molar-refractivity contribution in [1.29, 1.82) is 0 Å². The number of hydrogen-bond donors (Lipinski definition) is 2. The maximum Gasteiger partial charge on any atom is 0.246 e. The largest absolute Gasteiger partial charge is 0.381 e. The summed E-state index contributed by atoms with van der Waals surface area (Å²) in [5, 5.41) is 5.77. The third-order valence-corrected chi connectivity index (χ3v) is 24.4. The number of piperazine rings is 3. The van der Waals surface area contributed by atoms with Gasteiger partial charge in [0.25, 0.3) is 0 Å². The smallest absolute Gasteiger partial charge is 0.246 e. The number of carbonyl (C=O) groups is 5. The van der Waals surface area contributed by atoms with Crippen molar-refractivity contribution in [2.75, 3.05) is 232 Å². The molecule has 0 aromatic carbocycles. The second-order valence-electron chi connectivity index (χ2n) is 45.7. The highest BCUT2D eigenvalue weighted by Crippen LogP contribution is 2.34. The molecule has 9 aliphatic rings. The van der Waals surface area contributed by atoms with Gasteiger partial charge in [0.05, 0.1) is 38.6 Å². The zero-order valence-electron chi connectivity index (χ0n) is 96.2. The molecule has 2 N–H and O–H groups in total. The van der Waals surface area contributed by atoms with Crippen LogP contribution in [0.2, 0.25) is 0 Å². The fourth-order valence-corrected chi connectivity index (χ4v) is 14.4. The lowest BCUT2D eigenvalue weighted by atomic mass is 9.75. The van der Waals surface area contributed by atoms with Gasteiger partial charge in [0.15, 0.2) is 0 Å². The van der Waals surface area contributed by atoms with Crippen molar-refractivity contribution in [2.45, 2.75) is 354 Å². The Morgan fingerprint density at radius 2 is 0.799 bits per heavy atom. The second-order valence-corrected chi connectivity index (χ2v) is 45.7. The van der Waals surface area contributed by atoms with Crippen LogP contribution in [-0.2, 0) is 42.9 Å². The number of carbonyl (C=O) groups excluding carboxylic acids is 5. The van der Waals surface area contributed by atoms with E-state index in [0.29, 0.717) is 21.9 Å². The van der Waals surface area contributed by atoms with Crippen molar-refractivity contribution in [3.8, 4) is 0 Å². The van der Waals surface area contributed by atoms with E-state index in [0.717, 1.165) is 207 Å². The molecule has 0 aromatic rings. The van der Waals surface area contributed by atoms with Crippen LogP contribution in [0.15, 0.2) is 75.4 Å². The molecule has 0 spiro atoms. The van der Waals surface area contributed by atoms with E-state index in [-0.39, 0.29) is 56.9 Å². The van der Waals surface area contributed by atoms with Gasteiger partial charge in [-0.25, -0.2) is 0 Å². The van der Waals surface area contributed by atoms with Crippen molar-refractivity contribution in [2.24, 2.45) is 39.4 Å². The zero-order valence-corrected chi connectivity index (χ0v) is 96.2. The highest BCUT2D eigenvalue weighted by Gasteiger charge is 2.33. The van der Waals surface area contributed by atoms with Crippen molar-refractivity contribution in [1.82, 2.24) is 64.5 Å². The normalized spacial score (nSPS) is 19.0. The quantitative estimate of drug-likeness (QED) is 0.124. The Balaban J connectivity index is -0.000000336. The number of nitrogens with zero attached hydrogens (tertiary/aromatic N) is 11. The van der Waals surface area contributed by atoms with Gasteiger partial charge < -0.3 is 54.1 Å². The Hall–Kier alpha value is -4.53. The Bertz CT molecular complexity index is 2940. The van der Waals surface area contributed by atoms with Crippen LogP contribution >= 0.6 is 0 Å². The van der Waals surface area contributed by atoms with E-state index in [1.807, 2.05) is 77.0 Å². The number of nitrogens with one attached hydrogen (secondary N) is 2. The summed E-state index contributed by atoms with van der Waals surface area (Å²) in [6, 6.07) is 0.808. The molecule has 794 valence electrons. The summed E-state index contributed by atoms with van der Waals surface area (Å²) in [6.07, 6.45) is 22.4. The Labute approximate surface area is 832 Å². The Morgan fingerprint density at radius 3 is 1.05 bits per heavy atom. The van der Waals surface area contributed by atoms with Crippen molar-refractivity contribution >= 4 is 29.4 Å². The molecule has 0 unspecified atom stereocenters. The van der Waals surface area contributed by atoms with Gasteiger partial charge in [0, 0.05) is 191 Å². The van der Waals surface area contributed by atoms with Crippen LogP contribution in [0.4, 0.5) is 0 Å².